The highest BCUT2D eigenvalue weighted by atomic mass is 15.4. The smallest absolute Gasteiger partial charge is 0.186 e. The Labute approximate surface area is 107 Å². The normalized spacial score (nSPS) is 10.3. The van der Waals surface area contributed by atoms with Gasteiger partial charge in [-0.15, -0.1) is 5.10 Å². The van der Waals surface area contributed by atoms with Gasteiger partial charge in [0.2, 0.25) is 0 Å². The van der Waals surface area contributed by atoms with E-state index >= 15 is 0 Å². The van der Waals surface area contributed by atoms with Gasteiger partial charge in [-0.25, -0.2) is 4.68 Å². The van der Waals surface area contributed by atoms with Gasteiger partial charge in [-0.3, -0.25) is 0 Å². The molecule has 0 bridgehead atoms. The number of unbranched alkanes of at least 4 members (excludes halogenated alkanes) is 1. The molecule has 0 aliphatic rings. The lowest BCUT2D eigenvalue weighted by molar-refractivity contribution is 0.715. The van der Waals surface area contributed by atoms with E-state index in [9.17, 15) is 0 Å². The van der Waals surface area contributed by atoms with Gasteiger partial charge in [0, 0.05) is 0 Å². The van der Waals surface area contributed by atoms with E-state index in [-0.39, 0.29) is 0 Å². The van der Waals surface area contributed by atoms with Crippen LogP contribution >= 0.6 is 0 Å². The van der Waals surface area contributed by atoms with Crippen molar-refractivity contribution in [2.45, 2.75) is 33.1 Å². The van der Waals surface area contributed by atoms with Crippen LogP contribution in [0.3, 0.4) is 0 Å². The molecule has 0 N–H and O–H groups in total. The van der Waals surface area contributed by atoms with Crippen molar-refractivity contribution in [1.29, 1.82) is 5.26 Å². The minimum atomic E-state index is 0.435. The molecule has 18 heavy (non-hydrogen) atoms. The molecule has 0 radical (unpaired) electrons. The Balaban J connectivity index is 2.44. The molecular formula is C14H16N4. The number of aryl methyl sites for hydroxylation is 1. The number of rotatable bonds is 4. The van der Waals surface area contributed by atoms with Crippen LogP contribution in [0.2, 0.25) is 0 Å². The Morgan fingerprint density at radius 3 is 2.89 bits per heavy atom. The van der Waals surface area contributed by atoms with Gasteiger partial charge in [-0.2, -0.15) is 5.26 Å². The fourth-order valence-electron chi connectivity index (χ4n) is 1.92. The quantitative estimate of drug-likeness (QED) is 0.825. The Hall–Kier alpha value is -2.15. The predicted molar refractivity (Wildman–Crippen MR) is 69.4 cm³/mol. The zero-order chi connectivity index (χ0) is 13.0. The van der Waals surface area contributed by atoms with Crippen molar-refractivity contribution < 1.29 is 0 Å². The second-order valence-electron chi connectivity index (χ2n) is 4.35. The summed E-state index contributed by atoms with van der Waals surface area (Å²) >= 11 is 0. The van der Waals surface area contributed by atoms with Crippen LogP contribution in [0.15, 0.2) is 24.3 Å². The first-order valence-corrected chi connectivity index (χ1v) is 6.18. The van der Waals surface area contributed by atoms with E-state index < -0.39 is 0 Å². The van der Waals surface area contributed by atoms with Crippen LogP contribution in [0.1, 0.15) is 36.7 Å². The molecule has 2 rings (SSSR count). The molecule has 4 heteroatoms. The molecule has 0 aliphatic carbocycles. The lowest BCUT2D eigenvalue weighted by Gasteiger charge is -2.06. The first-order valence-electron chi connectivity index (χ1n) is 6.18. The van der Waals surface area contributed by atoms with Gasteiger partial charge in [-0.05, 0) is 37.5 Å². The fraction of sp³-hybridized carbons (Fsp3) is 0.357. The van der Waals surface area contributed by atoms with E-state index in [1.807, 2.05) is 31.2 Å². The van der Waals surface area contributed by atoms with Gasteiger partial charge in [0.25, 0.3) is 0 Å². The summed E-state index contributed by atoms with van der Waals surface area (Å²) in [5, 5.41) is 17.1. The van der Waals surface area contributed by atoms with E-state index in [0.717, 1.165) is 30.6 Å². The molecule has 1 heterocycles. The maximum absolute atomic E-state index is 9.07. The number of nitrogens with zero attached hydrogens (tertiary/aromatic N) is 4. The Kier molecular flexibility index (Phi) is 3.73. The summed E-state index contributed by atoms with van der Waals surface area (Å²) in [5.74, 6) is 0. The van der Waals surface area contributed by atoms with Crippen molar-refractivity contribution in [3.05, 3.63) is 41.2 Å². The van der Waals surface area contributed by atoms with Crippen molar-refractivity contribution in [1.82, 2.24) is 15.0 Å². The monoisotopic (exact) mass is 240 g/mol. The van der Waals surface area contributed by atoms with Gasteiger partial charge < -0.3 is 0 Å². The summed E-state index contributed by atoms with van der Waals surface area (Å²) in [6.45, 7) is 4.17. The van der Waals surface area contributed by atoms with Gasteiger partial charge in [0.15, 0.2) is 5.69 Å². The Morgan fingerprint density at radius 2 is 2.22 bits per heavy atom. The van der Waals surface area contributed by atoms with E-state index in [2.05, 4.69) is 23.3 Å². The molecule has 1 aromatic carbocycles. The zero-order valence-electron chi connectivity index (χ0n) is 10.7. The number of hydrogen-bond donors (Lipinski definition) is 0. The highest BCUT2D eigenvalue weighted by molar-refractivity contribution is 5.38. The van der Waals surface area contributed by atoms with Crippen LogP contribution in [0.25, 0.3) is 5.69 Å². The van der Waals surface area contributed by atoms with Crippen LogP contribution in [0.5, 0.6) is 0 Å². The van der Waals surface area contributed by atoms with Crippen molar-refractivity contribution in [2.24, 2.45) is 0 Å². The molecule has 0 saturated carbocycles. The summed E-state index contributed by atoms with van der Waals surface area (Å²) in [5.41, 5.74) is 3.48. The van der Waals surface area contributed by atoms with E-state index in [1.54, 1.807) is 4.68 Å². The number of nitriles is 1. The third-order valence-corrected chi connectivity index (χ3v) is 2.88. The average molecular weight is 240 g/mol. The molecule has 1 aromatic heterocycles. The molecule has 92 valence electrons. The second-order valence-corrected chi connectivity index (χ2v) is 4.35. The van der Waals surface area contributed by atoms with E-state index in [0.29, 0.717) is 5.69 Å². The van der Waals surface area contributed by atoms with Crippen LogP contribution in [0, 0.1) is 18.3 Å². The minimum absolute atomic E-state index is 0.435. The van der Waals surface area contributed by atoms with E-state index in [1.165, 1.54) is 5.56 Å². The minimum Gasteiger partial charge on any atom is -0.216 e. The second kappa shape index (κ2) is 5.46. The lowest BCUT2D eigenvalue weighted by Crippen LogP contribution is -2.03. The average Bonchev–Trinajstić information content (AvgIpc) is 2.79. The maximum atomic E-state index is 9.07. The summed E-state index contributed by atoms with van der Waals surface area (Å²) in [6, 6.07) is 10.2. The molecule has 0 amide bonds. The number of aromatic nitrogens is 3. The van der Waals surface area contributed by atoms with Crippen molar-refractivity contribution in [3.63, 3.8) is 0 Å². The summed E-state index contributed by atoms with van der Waals surface area (Å²) < 4.78 is 1.78. The van der Waals surface area contributed by atoms with Crippen molar-refractivity contribution >= 4 is 0 Å². The number of hydrogen-bond acceptors (Lipinski definition) is 3. The topological polar surface area (TPSA) is 54.5 Å². The van der Waals surface area contributed by atoms with Crippen LogP contribution in [-0.4, -0.2) is 15.0 Å². The van der Waals surface area contributed by atoms with Crippen molar-refractivity contribution in [2.75, 3.05) is 0 Å². The zero-order valence-corrected chi connectivity index (χ0v) is 10.7. The molecule has 0 aliphatic heterocycles. The highest BCUT2D eigenvalue weighted by Gasteiger charge is 2.13. The number of benzene rings is 1. The van der Waals surface area contributed by atoms with Crippen molar-refractivity contribution in [3.8, 4) is 11.8 Å². The standard InChI is InChI=1S/C14H16N4/c1-3-4-8-14-13(10-15)16-17-18(14)12-7-5-6-11(2)9-12/h5-7,9H,3-4,8H2,1-2H3. The van der Waals surface area contributed by atoms with Gasteiger partial charge in [0.1, 0.15) is 6.07 Å². The molecule has 0 spiro atoms. The third kappa shape index (κ3) is 2.40. The SMILES string of the molecule is CCCCc1c(C#N)nnn1-c1cccc(C)c1. The molecule has 2 aromatic rings. The van der Waals surface area contributed by atoms with Gasteiger partial charge >= 0.3 is 0 Å². The summed E-state index contributed by atoms with van der Waals surface area (Å²) in [6.07, 6.45) is 2.96. The Morgan fingerprint density at radius 1 is 1.39 bits per heavy atom. The first-order chi connectivity index (χ1) is 8.76. The summed E-state index contributed by atoms with van der Waals surface area (Å²) in [4.78, 5) is 0. The Bertz CT molecular complexity index is 578. The molecule has 0 unspecified atom stereocenters. The molecule has 4 nitrogen and oxygen atoms in total. The van der Waals surface area contributed by atoms with Gasteiger partial charge in [0.05, 0.1) is 11.4 Å². The first kappa shape index (κ1) is 12.3. The van der Waals surface area contributed by atoms with Crippen LogP contribution in [0.4, 0.5) is 0 Å². The summed E-state index contributed by atoms with van der Waals surface area (Å²) in [7, 11) is 0. The predicted octanol–water partition coefficient (Wildman–Crippen LogP) is 2.79. The lowest BCUT2D eigenvalue weighted by atomic mass is 10.1. The molecule has 0 fully saturated rings. The van der Waals surface area contributed by atoms with Gasteiger partial charge in [-0.1, -0.05) is 30.7 Å². The van der Waals surface area contributed by atoms with Crippen LogP contribution < -0.4 is 0 Å². The molecular weight excluding hydrogens is 224 g/mol. The van der Waals surface area contributed by atoms with Crippen LogP contribution in [-0.2, 0) is 6.42 Å². The fourth-order valence-corrected chi connectivity index (χ4v) is 1.92. The largest absolute Gasteiger partial charge is 0.216 e. The maximum Gasteiger partial charge on any atom is 0.186 e. The third-order valence-electron chi connectivity index (χ3n) is 2.88. The van der Waals surface area contributed by atoms with E-state index in [4.69, 9.17) is 5.26 Å². The molecule has 0 saturated heterocycles. The highest BCUT2D eigenvalue weighted by Crippen LogP contribution is 2.16. The molecule has 0 atom stereocenters.